The van der Waals surface area contributed by atoms with E-state index in [1.165, 1.54) is 9.13 Å². The van der Waals surface area contributed by atoms with Crippen molar-refractivity contribution in [3.63, 3.8) is 0 Å². The molecule has 0 aliphatic rings. The van der Waals surface area contributed by atoms with E-state index in [1.54, 1.807) is 7.05 Å². The van der Waals surface area contributed by atoms with Crippen molar-refractivity contribution in [1.82, 2.24) is 24.0 Å². The Morgan fingerprint density at radius 2 is 1.90 bits per heavy atom. The van der Waals surface area contributed by atoms with Crippen LogP contribution in [-0.2, 0) is 26.7 Å². The van der Waals surface area contributed by atoms with Gasteiger partial charge in [0.1, 0.15) is 5.82 Å². The lowest BCUT2D eigenvalue weighted by Gasteiger charge is -2.11. The third kappa shape index (κ3) is 4.36. The molecule has 3 aromatic rings. The largest absolute Gasteiger partial charge is 0.332 e. The standard InChI is InChI=1S/C22H28N6O2/c1-16(13-23)9-7-8-12-27-21(29)19-20(26(3)22(27)30)25-18(14-24-2)28(19)15-17-10-5-4-6-11-17/h4-6,10-11,16,24H,7-9,12,14-15H2,1-3H3. The summed E-state index contributed by atoms with van der Waals surface area (Å²) in [5.41, 5.74) is 1.23. The second-order valence-corrected chi connectivity index (χ2v) is 7.63. The summed E-state index contributed by atoms with van der Waals surface area (Å²) in [6.07, 6.45) is 2.21. The molecule has 1 unspecified atom stereocenters. The van der Waals surface area contributed by atoms with E-state index in [0.717, 1.165) is 18.4 Å². The fourth-order valence-corrected chi connectivity index (χ4v) is 3.63. The number of aromatic nitrogens is 4. The SMILES string of the molecule is CNCc1nc2c(c(=O)n(CCCCC(C)C#N)c(=O)n2C)n1Cc1ccccc1. The van der Waals surface area contributed by atoms with Crippen LogP contribution in [0.25, 0.3) is 11.2 Å². The number of hydrogen-bond acceptors (Lipinski definition) is 5. The fourth-order valence-electron chi connectivity index (χ4n) is 3.63. The Balaban J connectivity index is 2.05. The predicted octanol–water partition coefficient (Wildman–Crippen LogP) is 1.99. The van der Waals surface area contributed by atoms with Crippen molar-refractivity contribution in [3.8, 4) is 6.07 Å². The minimum absolute atomic E-state index is 0.0246. The van der Waals surface area contributed by atoms with Crippen LogP contribution in [0.3, 0.4) is 0 Å². The zero-order valence-corrected chi connectivity index (χ0v) is 17.8. The molecule has 0 fully saturated rings. The number of nitrogens with one attached hydrogen (secondary N) is 1. The average molecular weight is 409 g/mol. The lowest BCUT2D eigenvalue weighted by Crippen LogP contribution is -2.39. The van der Waals surface area contributed by atoms with Gasteiger partial charge in [-0.3, -0.25) is 13.9 Å². The number of rotatable bonds is 9. The molecular formula is C22H28N6O2. The molecule has 0 aliphatic heterocycles. The van der Waals surface area contributed by atoms with Gasteiger partial charge in [-0.25, -0.2) is 9.78 Å². The topological polar surface area (TPSA) is 97.6 Å². The number of hydrogen-bond donors (Lipinski definition) is 1. The summed E-state index contributed by atoms with van der Waals surface area (Å²) >= 11 is 0. The maximum absolute atomic E-state index is 13.3. The van der Waals surface area contributed by atoms with Crippen molar-refractivity contribution < 1.29 is 0 Å². The van der Waals surface area contributed by atoms with E-state index in [0.29, 0.717) is 43.0 Å². The van der Waals surface area contributed by atoms with E-state index >= 15 is 0 Å². The molecule has 1 aromatic carbocycles. The Labute approximate surface area is 175 Å². The number of imidazole rings is 1. The Kier molecular flexibility index (Phi) is 6.85. The van der Waals surface area contributed by atoms with Crippen LogP contribution < -0.4 is 16.6 Å². The summed E-state index contributed by atoms with van der Waals surface area (Å²) in [5, 5.41) is 12.0. The van der Waals surface area contributed by atoms with Gasteiger partial charge >= 0.3 is 5.69 Å². The molecule has 0 bridgehead atoms. The molecule has 2 heterocycles. The zero-order chi connectivity index (χ0) is 21.7. The highest BCUT2D eigenvalue weighted by molar-refractivity contribution is 5.71. The van der Waals surface area contributed by atoms with Gasteiger partial charge in [-0.15, -0.1) is 0 Å². The summed E-state index contributed by atoms with van der Waals surface area (Å²) in [7, 11) is 3.48. The molecule has 0 saturated carbocycles. The van der Waals surface area contributed by atoms with Crippen LogP contribution >= 0.6 is 0 Å². The maximum Gasteiger partial charge on any atom is 0.332 e. The van der Waals surface area contributed by atoms with Crippen molar-refractivity contribution in [1.29, 1.82) is 5.26 Å². The molecule has 0 aliphatic carbocycles. The monoisotopic (exact) mass is 408 g/mol. The van der Waals surface area contributed by atoms with Crippen molar-refractivity contribution in [2.75, 3.05) is 7.05 Å². The molecule has 0 radical (unpaired) electrons. The van der Waals surface area contributed by atoms with Gasteiger partial charge in [-0.1, -0.05) is 36.8 Å². The van der Waals surface area contributed by atoms with Crippen molar-refractivity contribution in [3.05, 3.63) is 62.6 Å². The summed E-state index contributed by atoms with van der Waals surface area (Å²) in [6.45, 7) is 3.20. The highest BCUT2D eigenvalue weighted by atomic mass is 16.2. The van der Waals surface area contributed by atoms with Crippen LogP contribution in [0.15, 0.2) is 39.9 Å². The van der Waals surface area contributed by atoms with E-state index in [1.807, 2.05) is 48.9 Å². The van der Waals surface area contributed by atoms with Crippen LogP contribution in [0.1, 0.15) is 37.6 Å². The number of aryl methyl sites for hydroxylation is 1. The van der Waals surface area contributed by atoms with Crippen LogP contribution in [0.5, 0.6) is 0 Å². The minimum atomic E-state index is -0.360. The highest BCUT2D eigenvalue weighted by Crippen LogP contribution is 2.15. The number of unbranched alkanes of at least 4 members (excludes halogenated alkanes) is 1. The Morgan fingerprint density at radius 3 is 2.57 bits per heavy atom. The van der Waals surface area contributed by atoms with Gasteiger partial charge in [0.25, 0.3) is 5.56 Å². The van der Waals surface area contributed by atoms with Gasteiger partial charge in [-0.2, -0.15) is 5.26 Å². The van der Waals surface area contributed by atoms with Gasteiger partial charge < -0.3 is 9.88 Å². The van der Waals surface area contributed by atoms with Crippen molar-refractivity contribution in [2.24, 2.45) is 13.0 Å². The second kappa shape index (κ2) is 9.55. The van der Waals surface area contributed by atoms with Gasteiger partial charge in [0.15, 0.2) is 11.2 Å². The van der Waals surface area contributed by atoms with Gasteiger partial charge in [0.2, 0.25) is 0 Å². The normalized spacial score (nSPS) is 12.2. The summed E-state index contributed by atoms with van der Waals surface area (Å²) in [4.78, 5) is 30.8. The first-order chi connectivity index (χ1) is 14.5. The van der Waals surface area contributed by atoms with E-state index in [9.17, 15) is 9.59 Å². The van der Waals surface area contributed by atoms with E-state index < -0.39 is 0 Å². The zero-order valence-electron chi connectivity index (χ0n) is 17.8. The molecule has 0 saturated heterocycles. The number of nitrogens with zero attached hydrogens (tertiary/aromatic N) is 5. The van der Waals surface area contributed by atoms with Gasteiger partial charge in [-0.05, 0) is 32.4 Å². The maximum atomic E-state index is 13.3. The molecule has 2 aromatic heterocycles. The minimum Gasteiger partial charge on any atom is -0.317 e. The molecule has 0 amide bonds. The number of fused-ring (bicyclic) bond motifs is 1. The van der Waals surface area contributed by atoms with Gasteiger partial charge in [0, 0.05) is 26.1 Å². The average Bonchev–Trinajstić information content (AvgIpc) is 3.10. The smallest absolute Gasteiger partial charge is 0.317 e. The van der Waals surface area contributed by atoms with Gasteiger partial charge in [0.05, 0.1) is 12.6 Å². The summed E-state index contributed by atoms with van der Waals surface area (Å²) < 4.78 is 4.65. The number of nitriles is 1. The summed E-state index contributed by atoms with van der Waals surface area (Å²) in [5.74, 6) is 0.687. The molecule has 1 N–H and O–H groups in total. The first-order valence-electron chi connectivity index (χ1n) is 10.2. The first-order valence-corrected chi connectivity index (χ1v) is 10.2. The third-order valence-corrected chi connectivity index (χ3v) is 5.32. The van der Waals surface area contributed by atoms with Crippen molar-refractivity contribution in [2.45, 2.75) is 45.8 Å². The van der Waals surface area contributed by atoms with E-state index in [2.05, 4.69) is 16.4 Å². The Bertz CT molecular complexity index is 1170. The molecule has 3 rings (SSSR count). The lowest BCUT2D eigenvalue weighted by atomic mass is 10.1. The Morgan fingerprint density at radius 1 is 1.17 bits per heavy atom. The Hall–Kier alpha value is -3.18. The fraction of sp³-hybridized carbons (Fsp3) is 0.455. The van der Waals surface area contributed by atoms with E-state index in [-0.39, 0.29) is 17.2 Å². The molecular weight excluding hydrogens is 380 g/mol. The van der Waals surface area contributed by atoms with Crippen LogP contribution in [-0.4, -0.2) is 25.7 Å². The first kappa shape index (κ1) is 21.5. The van der Waals surface area contributed by atoms with Crippen LogP contribution in [0.2, 0.25) is 0 Å². The molecule has 30 heavy (non-hydrogen) atoms. The molecule has 1 atom stereocenters. The molecule has 8 heteroatoms. The quantitative estimate of drug-likeness (QED) is 0.546. The third-order valence-electron chi connectivity index (χ3n) is 5.32. The van der Waals surface area contributed by atoms with E-state index in [4.69, 9.17) is 5.26 Å². The number of benzene rings is 1. The predicted molar refractivity (Wildman–Crippen MR) is 116 cm³/mol. The van der Waals surface area contributed by atoms with Crippen molar-refractivity contribution >= 4 is 11.2 Å². The second-order valence-electron chi connectivity index (χ2n) is 7.63. The van der Waals surface area contributed by atoms with Crippen LogP contribution in [0.4, 0.5) is 0 Å². The highest BCUT2D eigenvalue weighted by Gasteiger charge is 2.20. The summed E-state index contributed by atoms with van der Waals surface area (Å²) in [6, 6.07) is 12.1. The molecule has 8 nitrogen and oxygen atoms in total. The van der Waals surface area contributed by atoms with Crippen LogP contribution in [0, 0.1) is 17.2 Å². The molecule has 0 spiro atoms. The lowest BCUT2D eigenvalue weighted by molar-refractivity contribution is 0.515. The molecule has 158 valence electrons.